The molecule has 0 aliphatic carbocycles. The van der Waals surface area contributed by atoms with Gasteiger partial charge in [0, 0.05) is 0 Å². The van der Waals surface area contributed by atoms with E-state index in [4.69, 9.17) is 56.8 Å². The maximum absolute atomic E-state index is 13.5. The molecule has 0 spiro atoms. The summed E-state index contributed by atoms with van der Waals surface area (Å²) in [4.78, 5) is 27.0. The van der Waals surface area contributed by atoms with Crippen molar-refractivity contribution in [3.05, 3.63) is 192 Å². The minimum absolute atomic E-state index is 0.327. The van der Waals surface area contributed by atoms with Crippen molar-refractivity contribution in [2.75, 3.05) is 79.3 Å². The minimum atomic E-state index is -0.327. The number of aryl methyl sites for hydroxylation is 2. The number of unbranched alkanes of at least 4 members (excludes halogenated alkanes) is 26. The van der Waals surface area contributed by atoms with E-state index in [1.165, 1.54) is 11.1 Å². The fraction of sp³-hybridized carbons (Fsp3) is 0.500. The van der Waals surface area contributed by atoms with Gasteiger partial charge in [-0.1, -0.05) is 272 Å². The lowest BCUT2D eigenvalue weighted by molar-refractivity contribution is 0.0488. The predicted molar refractivity (Wildman–Crippen MR) is 581 cm³/mol. The number of azo groups is 1. The zero-order valence-electron chi connectivity index (χ0n) is 86.5. The fourth-order valence-electron chi connectivity index (χ4n) is 18.3. The molecule has 0 radical (unpaired) electrons. The van der Waals surface area contributed by atoms with Gasteiger partial charge in [0.05, 0.1) is 102 Å². The summed E-state index contributed by atoms with van der Waals surface area (Å²) < 4.78 is 78.8. The third kappa shape index (κ3) is 32.1. The van der Waals surface area contributed by atoms with E-state index < -0.39 is 0 Å². The molecule has 16 heteroatoms. The van der Waals surface area contributed by atoms with Crippen LogP contribution in [0.2, 0.25) is 0 Å². The van der Waals surface area contributed by atoms with Gasteiger partial charge in [-0.3, -0.25) is 0 Å². The van der Waals surface area contributed by atoms with Gasteiger partial charge in [-0.05, 0) is 322 Å². The number of nitrogens with zero attached hydrogens (tertiary/aromatic N) is 2. The predicted octanol–water partition coefficient (Wildman–Crippen LogP) is 36.0. The summed E-state index contributed by atoms with van der Waals surface area (Å²) in [5.74, 6) is 7.43. The molecule has 0 atom stereocenters. The number of esters is 2. The number of hydrogen-bond acceptors (Lipinski definition) is 16. The molecule has 0 aliphatic rings. The van der Waals surface area contributed by atoms with Crippen LogP contribution in [0.1, 0.15) is 345 Å². The van der Waals surface area contributed by atoms with Crippen LogP contribution in [0.3, 0.4) is 0 Å². The zero-order valence-corrected chi connectivity index (χ0v) is 86.5. The Bertz CT molecular complexity index is 5340. The molecular formula is C124H162N2O14. The molecule has 0 saturated heterocycles. The summed E-state index contributed by atoms with van der Waals surface area (Å²) in [6.07, 6.45) is 40.9. The molecule has 0 aromatic heterocycles. The van der Waals surface area contributed by atoms with Crippen molar-refractivity contribution in [3.63, 3.8) is 0 Å². The monoisotopic (exact) mass is 1900 g/mol. The molecule has 12 rings (SSSR count). The molecule has 16 nitrogen and oxygen atoms in total. The standard InChI is InChI=1S/C124H162N2O14/c1-11-21-37-67-129-113-81-103-101(105-83-115(131-69-39-23-13-3)119(135-73-43-27-17-7)87-109(105)111-89-121(137-75-45-29-19-9)117(85-107(103)111)133-71-41-25-15-5)79-97(113)49-35-31-33-47-77-139-123(127)95-55-51-91(52-56-95)93-59-63-99(64-60-93)125-126-100-65-61-94(62-66-100)92-53-57-96(58-54-92)124(128)140-78-48-34-32-36-50-98-80-102-104(82-114(98)130-68-38-22-12-2)108-86-118(134-72-42-26-16-6)122(138-76-46-30-20-10)90-112(108)110-88-120(136-74-44-28-18-8)116(84-106(102)110)132-70-40-24-14-4/h51-66,79-90H,11-50,67-78H2,1-10H3. The molecule has 140 heavy (non-hydrogen) atoms. The van der Waals surface area contributed by atoms with E-state index in [-0.39, 0.29) is 11.9 Å². The highest BCUT2D eigenvalue weighted by molar-refractivity contribution is 6.28. The van der Waals surface area contributed by atoms with Gasteiger partial charge in [-0.2, -0.15) is 10.2 Å². The number of fused-ring (bicyclic) bond motifs is 12. The summed E-state index contributed by atoms with van der Waals surface area (Å²) in [6.45, 7) is 29.2. The number of rotatable bonds is 70. The van der Waals surface area contributed by atoms with E-state index in [1.807, 2.05) is 97.1 Å². The average molecular weight is 1900 g/mol. The lowest BCUT2D eigenvalue weighted by atomic mass is 9.91. The number of benzene rings is 12. The summed E-state index contributed by atoms with van der Waals surface area (Å²) in [5.41, 5.74) is 8.76. The Labute approximate surface area is 836 Å². The van der Waals surface area contributed by atoms with Crippen molar-refractivity contribution in [1.29, 1.82) is 0 Å². The summed E-state index contributed by atoms with van der Waals surface area (Å²) in [6, 6.07) is 58.2. The van der Waals surface area contributed by atoms with Crippen molar-refractivity contribution < 1.29 is 66.4 Å². The molecule has 12 aromatic carbocycles. The summed E-state index contributed by atoms with van der Waals surface area (Å²) >= 11 is 0. The van der Waals surface area contributed by atoms with Gasteiger partial charge in [-0.25, -0.2) is 9.59 Å². The Morgan fingerprint density at radius 1 is 0.186 bits per heavy atom. The largest absolute Gasteiger partial charge is 0.493 e. The first-order valence-corrected chi connectivity index (χ1v) is 54.5. The van der Waals surface area contributed by atoms with E-state index in [1.54, 1.807) is 0 Å². The Kier molecular flexibility index (Phi) is 46.2. The van der Waals surface area contributed by atoms with Crippen LogP contribution in [0.4, 0.5) is 11.4 Å². The van der Waals surface area contributed by atoms with E-state index >= 15 is 0 Å². The second-order valence-electron chi connectivity index (χ2n) is 38.0. The molecule has 0 aliphatic heterocycles. The maximum Gasteiger partial charge on any atom is 0.338 e. The number of hydrogen-bond donors (Lipinski definition) is 0. The Morgan fingerprint density at radius 2 is 0.357 bits per heavy atom. The number of ether oxygens (including phenoxy) is 12. The first kappa shape index (κ1) is 108. The second-order valence-corrected chi connectivity index (χ2v) is 38.0. The highest BCUT2D eigenvalue weighted by Gasteiger charge is 2.25. The van der Waals surface area contributed by atoms with Crippen LogP contribution < -0.4 is 47.4 Å². The van der Waals surface area contributed by atoms with E-state index in [0.717, 1.165) is 401 Å². The van der Waals surface area contributed by atoms with Crippen LogP contribution in [0.5, 0.6) is 57.5 Å². The Balaban J connectivity index is 0.627. The topological polar surface area (TPSA) is 170 Å². The quantitative estimate of drug-likeness (QED) is 0.0153. The molecule has 0 heterocycles. The molecule has 0 fully saturated rings. The van der Waals surface area contributed by atoms with Crippen molar-refractivity contribution in [1.82, 2.24) is 0 Å². The van der Waals surface area contributed by atoms with Crippen molar-refractivity contribution in [3.8, 4) is 79.7 Å². The van der Waals surface area contributed by atoms with Crippen LogP contribution in [-0.4, -0.2) is 91.2 Å². The molecule has 0 amide bonds. The van der Waals surface area contributed by atoms with Gasteiger partial charge in [0.15, 0.2) is 46.0 Å². The maximum atomic E-state index is 13.5. The van der Waals surface area contributed by atoms with Crippen LogP contribution in [0, 0.1) is 0 Å². The highest BCUT2D eigenvalue weighted by Crippen LogP contribution is 2.50. The molecular weight excluding hydrogens is 1740 g/mol. The lowest BCUT2D eigenvalue weighted by Gasteiger charge is -2.21. The van der Waals surface area contributed by atoms with E-state index in [0.29, 0.717) is 102 Å². The summed E-state index contributed by atoms with van der Waals surface area (Å²) in [5, 5.41) is 22.4. The van der Waals surface area contributed by atoms with E-state index in [9.17, 15) is 9.59 Å². The van der Waals surface area contributed by atoms with E-state index in [2.05, 4.69) is 152 Å². The van der Waals surface area contributed by atoms with Gasteiger partial charge in [0.25, 0.3) is 0 Å². The fourth-order valence-corrected chi connectivity index (χ4v) is 18.3. The molecule has 752 valence electrons. The zero-order chi connectivity index (χ0) is 98.1. The van der Waals surface area contributed by atoms with Gasteiger partial charge >= 0.3 is 11.9 Å². The third-order valence-corrected chi connectivity index (χ3v) is 26.6. The summed E-state index contributed by atoms with van der Waals surface area (Å²) in [7, 11) is 0. The third-order valence-electron chi connectivity index (χ3n) is 26.6. The SMILES string of the molecule is CCCCCOc1cc2c(cc1CCCCCCOC(=O)c1ccc(-c3ccc(N=Nc4ccc(-c5ccc(C(=O)OCCCCCCc6cc7c(cc6OCCCCC)c6cc(OCCCCC)c(OCCCCC)cc6c6cc(OCCCCC)c(OCCCCC)cc76)cc5)cc4)cc3)cc1)c1cc(OCCCCC)c(OCCCCC)cc1c1cc(OCCCCC)c(OCCCCC)cc21. The highest BCUT2D eigenvalue weighted by atomic mass is 16.5. The van der Waals surface area contributed by atoms with Crippen molar-refractivity contribution in [2.45, 2.75) is 326 Å². The first-order valence-electron chi connectivity index (χ1n) is 54.5. The minimum Gasteiger partial charge on any atom is -0.493 e. The molecule has 0 bridgehead atoms. The van der Waals surface area contributed by atoms with Crippen LogP contribution in [0.25, 0.3) is 86.9 Å². The van der Waals surface area contributed by atoms with Gasteiger partial charge in [-0.15, -0.1) is 0 Å². The average Bonchev–Trinajstić information content (AvgIpc) is 0.728. The molecule has 0 unspecified atom stereocenters. The molecule has 0 saturated carbocycles. The Morgan fingerprint density at radius 3 is 0.564 bits per heavy atom. The van der Waals surface area contributed by atoms with Crippen molar-refractivity contribution in [2.24, 2.45) is 10.2 Å². The van der Waals surface area contributed by atoms with Gasteiger partial charge < -0.3 is 56.8 Å². The molecule has 12 aromatic rings. The normalized spacial score (nSPS) is 11.6. The Hall–Kier alpha value is -11.3. The number of carbonyl (C=O) groups excluding carboxylic acids is 2. The van der Waals surface area contributed by atoms with Gasteiger partial charge in [0.2, 0.25) is 0 Å². The lowest BCUT2D eigenvalue weighted by Crippen LogP contribution is -2.06. The van der Waals surface area contributed by atoms with Crippen LogP contribution in [0.15, 0.2) is 180 Å². The van der Waals surface area contributed by atoms with Gasteiger partial charge in [0.1, 0.15) is 11.5 Å². The smallest absolute Gasteiger partial charge is 0.338 e. The first-order chi connectivity index (χ1) is 68.9. The molecule has 0 N–H and O–H groups in total. The van der Waals surface area contributed by atoms with Crippen LogP contribution >= 0.6 is 0 Å². The van der Waals surface area contributed by atoms with Crippen molar-refractivity contribution >= 4 is 87.9 Å². The second kappa shape index (κ2) is 60.1. The van der Waals surface area contributed by atoms with Crippen LogP contribution in [-0.2, 0) is 22.3 Å². The number of carbonyl (C=O) groups is 2.